The van der Waals surface area contributed by atoms with Crippen molar-refractivity contribution in [2.75, 3.05) is 0 Å². The smallest absolute Gasteiger partial charge is 0.416 e. The molecule has 44 heavy (non-hydrogen) atoms. The maximum absolute atomic E-state index is 12.7. The van der Waals surface area contributed by atoms with Gasteiger partial charge in [-0.05, 0) is 93.2 Å². The first-order chi connectivity index (χ1) is 20.9. The molecule has 6 nitrogen and oxygen atoms in total. The van der Waals surface area contributed by atoms with Gasteiger partial charge < -0.3 is 10.5 Å². The lowest BCUT2D eigenvalue weighted by atomic mass is 9.52. The number of carbonyl (C=O) groups excluding carboxylic acids is 2. The topological polar surface area (TPSA) is 87.2 Å². The third-order valence-electron chi connectivity index (χ3n) is 8.89. The fourth-order valence-electron chi connectivity index (χ4n) is 6.31. The number of carbonyl (C=O) groups is 2. The zero-order chi connectivity index (χ0) is 31.6. The number of halogens is 3. The number of alkyl halides is 3. The van der Waals surface area contributed by atoms with Gasteiger partial charge >= 0.3 is 12.1 Å². The van der Waals surface area contributed by atoms with E-state index in [1.54, 1.807) is 4.68 Å². The number of amides is 1. The SMILES string of the molecule is CC(C)n1nc(C(N)=O)c2c(Cc3ccc(C(F)(F)F)cc3)cccc21.CC(OC(=O)C1CC2(CCC2)C1)c1ccccc1. The molecule has 9 heteroatoms. The standard InChI is InChI=1S/C19H18F3N3O.C16H20O2/c1-11(2)25-15-5-3-4-13(16(15)17(24-25)18(23)26)10-12-6-8-14(9-7-12)19(20,21)22;1-12(13-6-3-2-4-7-13)18-15(17)14-10-16(11-14)8-5-9-16/h3-9,11H,10H2,1-2H3,(H2,23,26);2-4,6-7,12,14H,5,8-11H2,1H3. The van der Waals surface area contributed by atoms with E-state index in [9.17, 15) is 22.8 Å². The van der Waals surface area contributed by atoms with Crippen molar-refractivity contribution < 1.29 is 27.5 Å². The summed E-state index contributed by atoms with van der Waals surface area (Å²) in [5.74, 6) is -0.463. The Labute approximate surface area is 255 Å². The Morgan fingerprint density at radius 2 is 1.64 bits per heavy atom. The molecule has 1 atom stereocenters. The summed E-state index contributed by atoms with van der Waals surface area (Å²) < 4.78 is 45.4. The minimum absolute atomic E-state index is 0.00359. The van der Waals surface area contributed by atoms with Crippen molar-refractivity contribution >= 4 is 22.8 Å². The van der Waals surface area contributed by atoms with Crippen LogP contribution in [-0.4, -0.2) is 21.7 Å². The lowest BCUT2D eigenvalue weighted by molar-refractivity contribution is -0.166. The molecule has 0 aliphatic heterocycles. The van der Waals surface area contributed by atoms with Gasteiger partial charge in [-0.15, -0.1) is 0 Å². The minimum Gasteiger partial charge on any atom is -0.458 e. The molecule has 0 bridgehead atoms. The summed E-state index contributed by atoms with van der Waals surface area (Å²) in [5.41, 5.74) is 8.86. The largest absolute Gasteiger partial charge is 0.458 e. The summed E-state index contributed by atoms with van der Waals surface area (Å²) in [4.78, 5) is 23.8. The predicted octanol–water partition coefficient (Wildman–Crippen LogP) is 8.20. The van der Waals surface area contributed by atoms with E-state index in [1.807, 2.05) is 69.3 Å². The summed E-state index contributed by atoms with van der Waals surface area (Å²) in [6.07, 6.45) is 2.01. The van der Waals surface area contributed by atoms with E-state index in [2.05, 4.69) is 5.10 Å². The molecule has 2 fully saturated rings. The molecule has 4 aromatic rings. The highest BCUT2D eigenvalue weighted by atomic mass is 19.4. The molecule has 2 aliphatic rings. The fourth-order valence-corrected chi connectivity index (χ4v) is 6.31. The molecule has 0 saturated heterocycles. The monoisotopic (exact) mass is 605 g/mol. The van der Waals surface area contributed by atoms with Crippen molar-refractivity contribution in [1.29, 1.82) is 0 Å². The van der Waals surface area contributed by atoms with E-state index < -0.39 is 17.6 Å². The maximum Gasteiger partial charge on any atom is 0.416 e. The Morgan fingerprint density at radius 3 is 2.18 bits per heavy atom. The fraction of sp³-hybridized carbons (Fsp3) is 0.400. The zero-order valence-corrected chi connectivity index (χ0v) is 25.2. The third kappa shape index (κ3) is 6.66. The molecule has 1 amide bonds. The van der Waals surface area contributed by atoms with Gasteiger partial charge in [0.05, 0.1) is 17.0 Å². The molecule has 1 heterocycles. The van der Waals surface area contributed by atoms with Crippen LogP contribution in [0.4, 0.5) is 13.2 Å². The molecule has 2 N–H and O–H groups in total. The number of fused-ring (bicyclic) bond motifs is 1. The molecule has 1 unspecified atom stereocenters. The molecular formula is C35H38F3N3O3. The van der Waals surface area contributed by atoms with Crippen LogP contribution in [0, 0.1) is 11.3 Å². The highest BCUT2D eigenvalue weighted by Gasteiger charge is 2.51. The van der Waals surface area contributed by atoms with E-state index in [0.717, 1.165) is 41.6 Å². The van der Waals surface area contributed by atoms with Crippen LogP contribution in [0.1, 0.15) is 97.8 Å². The van der Waals surface area contributed by atoms with E-state index in [1.165, 1.54) is 31.4 Å². The summed E-state index contributed by atoms with van der Waals surface area (Å²) in [7, 11) is 0. The number of hydrogen-bond acceptors (Lipinski definition) is 4. The normalized spacial score (nSPS) is 16.5. The molecule has 1 aromatic heterocycles. The first-order valence-corrected chi connectivity index (χ1v) is 15.1. The van der Waals surface area contributed by atoms with Crippen LogP contribution >= 0.6 is 0 Å². The summed E-state index contributed by atoms with van der Waals surface area (Å²) >= 11 is 0. The number of esters is 1. The third-order valence-corrected chi connectivity index (χ3v) is 8.89. The van der Waals surface area contributed by atoms with Gasteiger partial charge in [-0.1, -0.05) is 61.0 Å². The quantitative estimate of drug-likeness (QED) is 0.215. The average Bonchev–Trinajstić information content (AvgIpc) is 3.34. The average molecular weight is 606 g/mol. The van der Waals surface area contributed by atoms with Crippen LogP contribution in [0.25, 0.3) is 10.9 Å². The van der Waals surface area contributed by atoms with Crippen molar-refractivity contribution in [1.82, 2.24) is 9.78 Å². The highest BCUT2D eigenvalue weighted by molar-refractivity contribution is 6.05. The lowest BCUT2D eigenvalue weighted by Crippen LogP contribution is -2.46. The van der Waals surface area contributed by atoms with Crippen molar-refractivity contribution in [2.24, 2.45) is 17.1 Å². The number of nitrogens with zero attached hydrogens (tertiary/aromatic N) is 2. The van der Waals surface area contributed by atoms with Gasteiger partial charge in [0.25, 0.3) is 5.91 Å². The van der Waals surface area contributed by atoms with Gasteiger partial charge in [-0.3, -0.25) is 14.3 Å². The Hall–Kier alpha value is -4.14. The van der Waals surface area contributed by atoms with Crippen molar-refractivity contribution in [3.63, 3.8) is 0 Å². The van der Waals surface area contributed by atoms with E-state index >= 15 is 0 Å². The molecule has 3 aromatic carbocycles. The second-order valence-electron chi connectivity index (χ2n) is 12.4. The van der Waals surface area contributed by atoms with Crippen LogP contribution in [-0.2, 0) is 22.1 Å². The zero-order valence-electron chi connectivity index (χ0n) is 25.2. The van der Waals surface area contributed by atoms with Crippen LogP contribution in [0.3, 0.4) is 0 Å². The van der Waals surface area contributed by atoms with Crippen molar-refractivity contribution in [3.05, 3.63) is 101 Å². The van der Waals surface area contributed by atoms with Gasteiger partial charge in [-0.25, -0.2) is 0 Å². The summed E-state index contributed by atoms with van der Waals surface area (Å²) in [6.45, 7) is 5.84. The molecule has 0 radical (unpaired) electrons. The Morgan fingerprint density at radius 1 is 0.977 bits per heavy atom. The molecule has 2 aliphatic carbocycles. The molecular weight excluding hydrogens is 567 g/mol. The van der Waals surface area contributed by atoms with Crippen molar-refractivity contribution in [3.8, 4) is 0 Å². The number of primary amides is 1. The first-order valence-electron chi connectivity index (χ1n) is 15.1. The molecule has 6 rings (SSSR count). The second kappa shape index (κ2) is 12.5. The van der Waals surface area contributed by atoms with E-state index in [4.69, 9.17) is 10.5 Å². The highest BCUT2D eigenvalue weighted by Crippen LogP contribution is 2.59. The second-order valence-corrected chi connectivity index (χ2v) is 12.4. The Bertz CT molecular complexity index is 1620. The number of ether oxygens (including phenoxy) is 1. The number of benzene rings is 3. The van der Waals surface area contributed by atoms with E-state index in [-0.39, 0.29) is 29.7 Å². The van der Waals surface area contributed by atoms with Gasteiger partial charge in [0.2, 0.25) is 0 Å². The number of rotatable bonds is 7. The van der Waals surface area contributed by atoms with Crippen LogP contribution in [0.2, 0.25) is 0 Å². The van der Waals surface area contributed by atoms with Crippen LogP contribution in [0.15, 0.2) is 72.8 Å². The number of hydrogen-bond donors (Lipinski definition) is 1. The van der Waals surface area contributed by atoms with Gasteiger partial charge in [-0.2, -0.15) is 18.3 Å². The maximum atomic E-state index is 12.7. The van der Waals surface area contributed by atoms with Gasteiger partial charge in [0.1, 0.15) is 6.10 Å². The summed E-state index contributed by atoms with van der Waals surface area (Å²) in [6, 6.07) is 20.5. The Balaban J connectivity index is 0.000000186. The van der Waals surface area contributed by atoms with Gasteiger partial charge in [0.15, 0.2) is 5.69 Å². The summed E-state index contributed by atoms with van der Waals surface area (Å²) in [5, 5.41) is 4.98. The minimum atomic E-state index is -4.36. The van der Waals surface area contributed by atoms with Gasteiger partial charge in [0, 0.05) is 11.4 Å². The molecule has 1 spiro atoms. The number of aromatic nitrogens is 2. The lowest BCUT2D eigenvalue weighted by Gasteiger charge is -2.53. The van der Waals surface area contributed by atoms with Crippen LogP contribution < -0.4 is 5.73 Å². The predicted molar refractivity (Wildman–Crippen MR) is 163 cm³/mol. The van der Waals surface area contributed by atoms with Crippen LogP contribution in [0.5, 0.6) is 0 Å². The number of nitrogens with two attached hydrogens (primary N) is 1. The molecule has 232 valence electrons. The molecule has 2 saturated carbocycles. The van der Waals surface area contributed by atoms with Crippen molar-refractivity contribution in [2.45, 2.75) is 77.6 Å². The first kappa shape index (κ1) is 31.3. The Kier molecular flexibility index (Phi) is 8.86. The van der Waals surface area contributed by atoms with E-state index in [0.29, 0.717) is 22.8 Å².